The molecule has 116 valence electrons. The van der Waals surface area contributed by atoms with E-state index in [4.69, 9.17) is 9.97 Å². The van der Waals surface area contributed by atoms with Crippen molar-refractivity contribution in [1.82, 2.24) is 9.97 Å². The van der Waals surface area contributed by atoms with Crippen LogP contribution in [0.2, 0.25) is 0 Å². The highest BCUT2D eigenvalue weighted by Crippen LogP contribution is 2.27. The van der Waals surface area contributed by atoms with E-state index in [1.807, 2.05) is 6.92 Å². The number of anilines is 2. The van der Waals surface area contributed by atoms with Gasteiger partial charge in [0.25, 0.3) is 0 Å². The molecular weight excluding hydrogens is 260 g/mol. The van der Waals surface area contributed by atoms with Crippen molar-refractivity contribution in [1.29, 1.82) is 0 Å². The van der Waals surface area contributed by atoms with Gasteiger partial charge in [-0.2, -0.15) is 0 Å². The third-order valence-corrected chi connectivity index (χ3v) is 4.77. The van der Waals surface area contributed by atoms with Crippen molar-refractivity contribution in [3.63, 3.8) is 0 Å². The lowest BCUT2D eigenvalue weighted by atomic mass is 10.00. The first-order valence-electron chi connectivity index (χ1n) is 8.47. The molecule has 3 rings (SSSR count). The zero-order valence-electron chi connectivity index (χ0n) is 13.7. The second-order valence-electron chi connectivity index (χ2n) is 7.02. The van der Waals surface area contributed by atoms with Crippen LogP contribution in [0, 0.1) is 18.8 Å². The van der Waals surface area contributed by atoms with Crippen LogP contribution < -0.4 is 9.80 Å². The second kappa shape index (κ2) is 6.20. The van der Waals surface area contributed by atoms with Gasteiger partial charge in [-0.3, -0.25) is 0 Å². The highest BCUT2D eigenvalue weighted by molar-refractivity contribution is 5.51. The molecular formula is C17H28N4. The predicted molar refractivity (Wildman–Crippen MR) is 88.0 cm³/mol. The summed E-state index contributed by atoms with van der Waals surface area (Å²) in [4.78, 5) is 14.3. The Balaban J connectivity index is 1.82. The molecule has 1 aromatic rings. The molecule has 0 N–H and O–H groups in total. The van der Waals surface area contributed by atoms with Gasteiger partial charge in [0.15, 0.2) is 0 Å². The van der Waals surface area contributed by atoms with Crippen molar-refractivity contribution in [2.75, 3.05) is 36.0 Å². The van der Waals surface area contributed by atoms with Crippen LogP contribution in [0.3, 0.4) is 0 Å². The highest BCUT2D eigenvalue weighted by Gasteiger charge is 2.22. The van der Waals surface area contributed by atoms with E-state index >= 15 is 0 Å². The molecule has 2 aliphatic rings. The Morgan fingerprint density at radius 3 is 1.81 bits per heavy atom. The fourth-order valence-electron chi connectivity index (χ4n) is 3.66. The normalized spacial score (nSPS) is 27.0. The molecule has 0 bridgehead atoms. The molecule has 0 aromatic carbocycles. The van der Waals surface area contributed by atoms with Crippen molar-refractivity contribution in [2.45, 2.75) is 46.5 Å². The summed E-state index contributed by atoms with van der Waals surface area (Å²) in [5, 5.41) is 0. The van der Waals surface area contributed by atoms with E-state index in [2.05, 4.69) is 29.7 Å². The zero-order chi connectivity index (χ0) is 14.8. The molecule has 4 nitrogen and oxygen atoms in total. The number of nitrogens with zero attached hydrogens (tertiary/aromatic N) is 4. The average molecular weight is 288 g/mol. The first-order valence-corrected chi connectivity index (χ1v) is 8.47. The Hall–Kier alpha value is -1.32. The van der Waals surface area contributed by atoms with Crippen LogP contribution in [-0.4, -0.2) is 36.1 Å². The second-order valence-corrected chi connectivity index (χ2v) is 7.02. The van der Waals surface area contributed by atoms with Crippen LogP contribution in [0.4, 0.5) is 11.6 Å². The zero-order valence-corrected chi connectivity index (χ0v) is 13.7. The van der Waals surface area contributed by atoms with Gasteiger partial charge in [-0.25, -0.2) is 9.97 Å². The molecule has 2 saturated heterocycles. The lowest BCUT2D eigenvalue weighted by molar-refractivity contribution is 0.440. The standard InChI is InChI=1S/C17H28N4/c1-13-6-4-8-20(11-13)16-10-17(19-15(3)18-16)21-9-5-7-14(2)12-21/h10,13-14H,4-9,11-12H2,1-3H3. The van der Waals surface area contributed by atoms with Crippen molar-refractivity contribution in [3.8, 4) is 0 Å². The molecule has 2 unspecified atom stereocenters. The van der Waals surface area contributed by atoms with Crippen molar-refractivity contribution >= 4 is 11.6 Å². The lowest BCUT2D eigenvalue weighted by Gasteiger charge is -2.34. The van der Waals surface area contributed by atoms with Gasteiger partial charge in [0.2, 0.25) is 0 Å². The van der Waals surface area contributed by atoms with Crippen molar-refractivity contribution < 1.29 is 0 Å². The summed E-state index contributed by atoms with van der Waals surface area (Å²) in [6.07, 6.45) is 5.24. The lowest BCUT2D eigenvalue weighted by Crippen LogP contribution is -2.37. The van der Waals surface area contributed by atoms with Crippen molar-refractivity contribution in [3.05, 3.63) is 11.9 Å². The summed E-state index contributed by atoms with van der Waals surface area (Å²) >= 11 is 0. The van der Waals surface area contributed by atoms with Gasteiger partial charge in [0, 0.05) is 32.2 Å². The fourth-order valence-corrected chi connectivity index (χ4v) is 3.66. The molecule has 0 spiro atoms. The Kier molecular flexibility index (Phi) is 4.32. The predicted octanol–water partition coefficient (Wildman–Crippen LogP) is 3.26. The summed E-state index contributed by atoms with van der Waals surface area (Å²) < 4.78 is 0. The van der Waals surface area contributed by atoms with Crippen molar-refractivity contribution in [2.24, 2.45) is 11.8 Å². The molecule has 4 heteroatoms. The maximum atomic E-state index is 4.69. The first kappa shape index (κ1) is 14.6. The minimum Gasteiger partial charge on any atom is -0.356 e. The van der Waals surface area contributed by atoms with Crippen LogP contribution in [0.1, 0.15) is 45.4 Å². The van der Waals surface area contributed by atoms with E-state index in [1.54, 1.807) is 0 Å². The Morgan fingerprint density at radius 1 is 0.905 bits per heavy atom. The van der Waals surface area contributed by atoms with E-state index < -0.39 is 0 Å². The smallest absolute Gasteiger partial charge is 0.134 e. The molecule has 0 aliphatic carbocycles. The molecule has 0 radical (unpaired) electrons. The van der Waals surface area contributed by atoms with E-state index in [-0.39, 0.29) is 0 Å². The van der Waals surface area contributed by atoms with Crippen LogP contribution in [0.15, 0.2) is 6.07 Å². The van der Waals surface area contributed by atoms with Gasteiger partial charge in [0.1, 0.15) is 17.5 Å². The minimum atomic E-state index is 0.771. The SMILES string of the molecule is Cc1nc(N2CCCC(C)C2)cc(N2CCCC(C)C2)n1. The quantitative estimate of drug-likeness (QED) is 0.836. The number of aromatic nitrogens is 2. The number of hydrogen-bond acceptors (Lipinski definition) is 4. The van der Waals surface area contributed by atoms with Gasteiger partial charge in [-0.15, -0.1) is 0 Å². The van der Waals surface area contributed by atoms with Gasteiger partial charge in [-0.1, -0.05) is 13.8 Å². The minimum absolute atomic E-state index is 0.771. The fraction of sp³-hybridized carbons (Fsp3) is 0.765. The number of rotatable bonds is 2. The molecule has 2 aliphatic heterocycles. The molecule has 1 aromatic heterocycles. The summed E-state index contributed by atoms with van der Waals surface area (Å²) in [6, 6.07) is 2.21. The Labute approximate surface area is 128 Å². The summed E-state index contributed by atoms with van der Waals surface area (Å²) in [7, 11) is 0. The monoisotopic (exact) mass is 288 g/mol. The third-order valence-electron chi connectivity index (χ3n) is 4.77. The van der Waals surface area contributed by atoms with Crippen LogP contribution in [0.25, 0.3) is 0 Å². The van der Waals surface area contributed by atoms with E-state index in [9.17, 15) is 0 Å². The summed E-state index contributed by atoms with van der Waals surface area (Å²) in [5.74, 6) is 4.70. The maximum Gasteiger partial charge on any atom is 0.134 e. The Bertz CT molecular complexity index is 447. The maximum absolute atomic E-state index is 4.69. The topological polar surface area (TPSA) is 32.3 Å². The first-order chi connectivity index (χ1) is 10.1. The largest absolute Gasteiger partial charge is 0.356 e. The van der Waals surface area contributed by atoms with E-state index in [1.165, 1.54) is 25.7 Å². The van der Waals surface area contributed by atoms with Crippen LogP contribution in [-0.2, 0) is 0 Å². The molecule has 0 saturated carbocycles. The van der Waals surface area contributed by atoms with Gasteiger partial charge in [0.05, 0.1) is 0 Å². The van der Waals surface area contributed by atoms with Crippen LogP contribution >= 0.6 is 0 Å². The number of aryl methyl sites for hydroxylation is 1. The molecule has 2 fully saturated rings. The van der Waals surface area contributed by atoms with Gasteiger partial charge < -0.3 is 9.80 Å². The molecule has 0 amide bonds. The summed E-state index contributed by atoms with van der Waals surface area (Å²) in [5.41, 5.74) is 0. The number of hydrogen-bond donors (Lipinski definition) is 0. The van der Waals surface area contributed by atoms with E-state index in [0.29, 0.717) is 0 Å². The highest BCUT2D eigenvalue weighted by atomic mass is 15.2. The molecule has 2 atom stereocenters. The molecule has 3 heterocycles. The average Bonchev–Trinajstić information content (AvgIpc) is 2.46. The Morgan fingerprint density at radius 2 is 1.38 bits per heavy atom. The molecule has 21 heavy (non-hydrogen) atoms. The number of piperidine rings is 2. The summed E-state index contributed by atoms with van der Waals surface area (Å²) in [6.45, 7) is 11.2. The third kappa shape index (κ3) is 3.47. The van der Waals surface area contributed by atoms with Gasteiger partial charge >= 0.3 is 0 Å². The van der Waals surface area contributed by atoms with Gasteiger partial charge in [-0.05, 0) is 44.4 Å². The van der Waals surface area contributed by atoms with E-state index in [0.717, 1.165) is 55.5 Å². The van der Waals surface area contributed by atoms with Crippen LogP contribution in [0.5, 0.6) is 0 Å².